The van der Waals surface area contributed by atoms with Gasteiger partial charge < -0.3 is 15.0 Å². The van der Waals surface area contributed by atoms with Crippen molar-refractivity contribution >= 4 is 11.3 Å². The highest BCUT2D eigenvalue weighted by atomic mass is 32.1. The highest BCUT2D eigenvalue weighted by Crippen LogP contribution is 2.43. The first-order valence-corrected chi connectivity index (χ1v) is 6.69. The summed E-state index contributed by atoms with van der Waals surface area (Å²) in [6, 6.07) is 0. The van der Waals surface area contributed by atoms with Crippen LogP contribution in [0.3, 0.4) is 0 Å². The molecule has 1 aliphatic rings. The summed E-state index contributed by atoms with van der Waals surface area (Å²) in [5.41, 5.74) is 5.86. The van der Waals surface area contributed by atoms with Crippen molar-refractivity contribution in [1.82, 2.24) is 15.1 Å². The number of aromatic nitrogens is 3. The van der Waals surface area contributed by atoms with Gasteiger partial charge in [0.2, 0.25) is 5.82 Å². The average Bonchev–Trinajstić information content (AvgIpc) is 2.96. The van der Waals surface area contributed by atoms with Crippen LogP contribution in [0.1, 0.15) is 30.1 Å². The van der Waals surface area contributed by atoms with Gasteiger partial charge in [0, 0.05) is 19.0 Å². The third-order valence-corrected chi connectivity index (χ3v) is 4.20. The molecule has 0 atom stereocenters. The average molecular weight is 266 g/mol. The van der Waals surface area contributed by atoms with Gasteiger partial charge in [-0.15, -0.1) is 11.3 Å². The molecule has 1 saturated carbocycles. The lowest BCUT2D eigenvalue weighted by Gasteiger charge is -2.37. The van der Waals surface area contributed by atoms with Crippen LogP contribution in [0.15, 0.2) is 9.90 Å². The Kier molecular flexibility index (Phi) is 2.89. The number of nitrogens with zero attached hydrogens (tertiary/aromatic N) is 3. The van der Waals surface area contributed by atoms with Crippen LogP contribution in [0.2, 0.25) is 0 Å². The van der Waals surface area contributed by atoms with Gasteiger partial charge in [0.15, 0.2) is 0 Å². The molecule has 96 valence electrons. The van der Waals surface area contributed by atoms with Crippen LogP contribution in [0, 0.1) is 0 Å². The zero-order valence-electron chi connectivity index (χ0n) is 10.0. The zero-order valence-corrected chi connectivity index (χ0v) is 10.9. The molecule has 1 aliphatic carbocycles. The minimum atomic E-state index is -0.353. The topological polar surface area (TPSA) is 87.1 Å². The second kappa shape index (κ2) is 4.42. The summed E-state index contributed by atoms with van der Waals surface area (Å²) >= 11 is 1.49. The SMILES string of the molecule is COC1(c2noc(-c3csc(CN)n3)n2)CCC1. The summed E-state index contributed by atoms with van der Waals surface area (Å²) in [6.07, 6.45) is 3.01. The summed E-state index contributed by atoms with van der Waals surface area (Å²) in [6.45, 7) is 0.424. The van der Waals surface area contributed by atoms with Crippen molar-refractivity contribution in [3.8, 4) is 11.6 Å². The summed E-state index contributed by atoms with van der Waals surface area (Å²) in [5.74, 6) is 1.05. The molecule has 6 nitrogen and oxygen atoms in total. The minimum Gasteiger partial charge on any atom is -0.370 e. The molecule has 0 unspecified atom stereocenters. The Morgan fingerprint density at radius 1 is 1.50 bits per heavy atom. The highest BCUT2D eigenvalue weighted by molar-refractivity contribution is 7.09. The molecule has 0 aromatic carbocycles. The van der Waals surface area contributed by atoms with Crippen LogP contribution in [0.5, 0.6) is 0 Å². The largest absolute Gasteiger partial charge is 0.370 e. The first-order chi connectivity index (χ1) is 8.77. The van der Waals surface area contributed by atoms with Crippen LogP contribution >= 0.6 is 11.3 Å². The molecule has 2 heterocycles. The second-order valence-corrected chi connectivity index (χ2v) is 5.25. The molecule has 0 spiro atoms. The van der Waals surface area contributed by atoms with E-state index in [0.717, 1.165) is 24.3 Å². The lowest BCUT2D eigenvalue weighted by atomic mass is 9.79. The van der Waals surface area contributed by atoms with Crippen LogP contribution in [0.25, 0.3) is 11.6 Å². The predicted molar refractivity (Wildman–Crippen MR) is 65.8 cm³/mol. The van der Waals surface area contributed by atoms with E-state index in [0.29, 0.717) is 24.0 Å². The third kappa shape index (κ3) is 1.75. The van der Waals surface area contributed by atoms with Gasteiger partial charge in [-0.05, 0) is 19.3 Å². The van der Waals surface area contributed by atoms with E-state index in [4.69, 9.17) is 15.0 Å². The fourth-order valence-electron chi connectivity index (χ4n) is 2.03. The number of methoxy groups -OCH3 is 1. The van der Waals surface area contributed by atoms with Gasteiger partial charge in [0.05, 0.1) is 0 Å². The quantitative estimate of drug-likeness (QED) is 0.905. The van der Waals surface area contributed by atoms with Crippen molar-refractivity contribution < 1.29 is 9.26 Å². The van der Waals surface area contributed by atoms with E-state index in [-0.39, 0.29) is 5.60 Å². The van der Waals surface area contributed by atoms with E-state index >= 15 is 0 Å². The Morgan fingerprint density at radius 2 is 2.33 bits per heavy atom. The van der Waals surface area contributed by atoms with Gasteiger partial charge >= 0.3 is 0 Å². The maximum atomic E-state index is 5.53. The molecule has 18 heavy (non-hydrogen) atoms. The molecular weight excluding hydrogens is 252 g/mol. The van der Waals surface area contributed by atoms with E-state index in [9.17, 15) is 0 Å². The van der Waals surface area contributed by atoms with E-state index < -0.39 is 0 Å². The standard InChI is InChI=1S/C11H14N4O2S/c1-16-11(3-2-4-11)10-14-9(17-15-10)7-6-18-8(5-12)13-7/h6H,2-5,12H2,1H3. The van der Waals surface area contributed by atoms with Gasteiger partial charge in [-0.25, -0.2) is 4.98 Å². The molecule has 0 bridgehead atoms. The predicted octanol–water partition coefficient (Wildman–Crippen LogP) is 1.68. The number of hydrogen-bond donors (Lipinski definition) is 1. The number of rotatable bonds is 4. The molecule has 2 aromatic rings. The third-order valence-electron chi connectivity index (χ3n) is 3.33. The highest BCUT2D eigenvalue weighted by Gasteiger charge is 2.43. The number of ether oxygens (including phenoxy) is 1. The smallest absolute Gasteiger partial charge is 0.277 e. The zero-order chi connectivity index (χ0) is 12.6. The molecule has 0 radical (unpaired) electrons. The molecule has 1 fully saturated rings. The fraction of sp³-hybridized carbons (Fsp3) is 0.545. The monoisotopic (exact) mass is 266 g/mol. The molecule has 0 aliphatic heterocycles. The Balaban J connectivity index is 1.89. The van der Waals surface area contributed by atoms with Crippen LogP contribution < -0.4 is 5.73 Å². The van der Waals surface area contributed by atoms with Gasteiger partial charge in [-0.1, -0.05) is 5.16 Å². The fourth-order valence-corrected chi connectivity index (χ4v) is 2.68. The Labute approximate surface area is 108 Å². The normalized spacial score (nSPS) is 17.7. The first-order valence-electron chi connectivity index (χ1n) is 5.81. The lowest BCUT2D eigenvalue weighted by molar-refractivity contribution is -0.0858. The number of hydrogen-bond acceptors (Lipinski definition) is 7. The molecule has 0 saturated heterocycles. The first kappa shape index (κ1) is 11.8. The lowest BCUT2D eigenvalue weighted by Crippen LogP contribution is -2.37. The molecule has 0 amide bonds. The summed E-state index contributed by atoms with van der Waals surface area (Å²) in [4.78, 5) is 8.71. The van der Waals surface area contributed by atoms with Crippen molar-refractivity contribution in [2.45, 2.75) is 31.4 Å². The van der Waals surface area contributed by atoms with Crippen molar-refractivity contribution in [3.63, 3.8) is 0 Å². The van der Waals surface area contributed by atoms with Gasteiger partial charge in [-0.2, -0.15) is 4.98 Å². The van der Waals surface area contributed by atoms with E-state index in [1.807, 2.05) is 5.38 Å². The van der Waals surface area contributed by atoms with Crippen molar-refractivity contribution in [2.24, 2.45) is 5.73 Å². The number of thiazole rings is 1. The summed E-state index contributed by atoms with van der Waals surface area (Å²) in [7, 11) is 1.69. The summed E-state index contributed by atoms with van der Waals surface area (Å²) < 4.78 is 10.8. The summed E-state index contributed by atoms with van der Waals surface area (Å²) in [5, 5.41) is 6.75. The Bertz CT molecular complexity index is 541. The van der Waals surface area contributed by atoms with E-state index in [1.165, 1.54) is 11.3 Å². The van der Waals surface area contributed by atoms with Gasteiger partial charge in [0.25, 0.3) is 5.89 Å². The molecule has 2 aromatic heterocycles. The number of nitrogens with two attached hydrogens (primary N) is 1. The van der Waals surface area contributed by atoms with E-state index in [2.05, 4.69) is 15.1 Å². The second-order valence-electron chi connectivity index (χ2n) is 4.31. The van der Waals surface area contributed by atoms with Crippen molar-refractivity contribution in [2.75, 3.05) is 7.11 Å². The Hall–Kier alpha value is -1.31. The van der Waals surface area contributed by atoms with Gasteiger partial charge in [0.1, 0.15) is 16.3 Å². The van der Waals surface area contributed by atoms with Crippen LogP contribution in [-0.2, 0) is 16.9 Å². The molecule has 2 N–H and O–H groups in total. The minimum absolute atomic E-state index is 0.353. The molecule has 3 rings (SSSR count). The molecular formula is C11H14N4O2S. The van der Waals surface area contributed by atoms with Gasteiger partial charge in [-0.3, -0.25) is 0 Å². The maximum absolute atomic E-state index is 5.53. The van der Waals surface area contributed by atoms with Crippen LogP contribution in [0.4, 0.5) is 0 Å². The Morgan fingerprint density at radius 3 is 2.89 bits per heavy atom. The maximum Gasteiger partial charge on any atom is 0.277 e. The molecule has 7 heteroatoms. The van der Waals surface area contributed by atoms with E-state index in [1.54, 1.807) is 7.11 Å². The van der Waals surface area contributed by atoms with Crippen molar-refractivity contribution in [3.05, 3.63) is 16.2 Å². The van der Waals surface area contributed by atoms with Crippen molar-refractivity contribution in [1.29, 1.82) is 0 Å². The van der Waals surface area contributed by atoms with Crippen LogP contribution in [-0.4, -0.2) is 22.2 Å².